The van der Waals surface area contributed by atoms with Crippen LogP contribution in [0.4, 0.5) is 5.13 Å². The molecule has 1 aliphatic heterocycles. The van der Waals surface area contributed by atoms with E-state index in [-0.39, 0.29) is 11.8 Å². The predicted molar refractivity (Wildman–Crippen MR) is 138 cm³/mol. The molecule has 1 aromatic carbocycles. The van der Waals surface area contributed by atoms with Crippen LogP contribution < -0.4 is 10.2 Å². The minimum absolute atomic E-state index is 0.0443. The highest BCUT2D eigenvalue weighted by molar-refractivity contribution is 7.21. The van der Waals surface area contributed by atoms with E-state index in [1.165, 1.54) is 0 Å². The number of hydrogen-bond donors (Lipinski definition) is 1. The number of anilines is 1. The fraction of sp³-hybridized carbons (Fsp3) is 0.423. The molecule has 0 unspecified atom stereocenters. The number of thiazole rings is 1. The maximum absolute atomic E-state index is 12.2. The number of aromatic nitrogens is 4. The van der Waals surface area contributed by atoms with Crippen LogP contribution in [0.2, 0.25) is 0 Å². The molecule has 0 saturated carbocycles. The number of carbonyl (C=O) groups is 1. The van der Waals surface area contributed by atoms with Gasteiger partial charge in [-0.25, -0.2) is 9.97 Å². The van der Waals surface area contributed by atoms with Crippen LogP contribution in [0.5, 0.6) is 0 Å². The summed E-state index contributed by atoms with van der Waals surface area (Å²) >= 11 is 1.62. The highest BCUT2D eigenvalue weighted by atomic mass is 32.1. The summed E-state index contributed by atoms with van der Waals surface area (Å²) < 4.78 is 5.52. The van der Waals surface area contributed by atoms with Gasteiger partial charge in [0.25, 0.3) is 5.91 Å². The number of pyridine rings is 1. The number of carbonyl (C=O) groups excluding carboxylic acids is 1. The maximum Gasteiger partial charge on any atom is 0.251 e. The first-order chi connectivity index (χ1) is 17.0. The van der Waals surface area contributed by atoms with E-state index in [1.807, 2.05) is 43.3 Å². The summed E-state index contributed by atoms with van der Waals surface area (Å²) in [5, 5.41) is 8.02. The third-order valence-corrected chi connectivity index (χ3v) is 7.34. The van der Waals surface area contributed by atoms with E-state index in [9.17, 15) is 4.79 Å². The van der Waals surface area contributed by atoms with Gasteiger partial charge in [-0.3, -0.25) is 4.79 Å². The van der Waals surface area contributed by atoms with Crippen molar-refractivity contribution in [2.45, 2.75) is 51.9 Å². The zero-order valence-corrected chi connectivity index (χ0v) is 21.1. The van der Waals surface area contributed by atoms with E-state index < -0.39 is 0 Å². The summed E-state index contributed by atoms with van der Waals surface area (Å²) in [5.74, 6) is 2.08. The van der Waals surface area contributed by atoms with Gasteiger partial charge in [0.05, 0.1) is 5.69 Å². The van der Waals surface area contributed by atoms with Crippen LogP contribution in [0.15, 0.2) is 40.9 Å². The Morgan fingerprint density at radius 1 is 1.11 bits per heavy atom. The maximum atomic E-state index is 12.2. The Hall–Kier alpha value is -3.33. The molecule has 1 N–H and O–H groups in total. The van der Waals surface area contributed by atoms with Gasteiger partial charge in [-0.05, 0) is 43.5 Å². The Morgan fingerprint density at radius 2 is 1.89 bits per heavy atom. The second-order valence-corrected chi connectivity index (χ2v) is 10.2. The summed E-state index contributed by atoms with van der Waals surface area (Å²) in [6.07, 6.45) is 2.85. The zero-order chi connectivity index (χ0) is 24.4. The SMILES string of the molecule is CCCNC(=O)c1ccc(-c2ccc3nc(N4CCC(c5nc(C(C)C)no5)CC4)sc3n2)cc1. The van der Waals surface area contributed by atoms with E-state index >= 15 is 0 Å². The Balaban J connectivity index is 1.26. The lowest BCUT2D eigenvalue weighted by molar-refractivity contribution is 0.0953. The van der Waals surface area contributed by atoms with Crippen molar-refractivity contribution in [1.29, 1.82) is 0 Å². The monoisotopic (exact) mass is 490 g/mol. The topological polar surface area (TPSA) is 97.0 Å². The second kappa shape index (κ2) is 10.1. The van der Waals surface area contributed by atoms with E-state index in [2.05, 4.69) is 34.2 Å². The second-order valence-electron chi connectivity index (χ2n) is 9.26. The normalized spacial score (nSPS) is 14.7. The largest absolute Gasteiger partial charge is 0.352 e. The summed E-state index contributed by atoms with van der Waals surface area (Å²) in [6.45, 7) is 8.67. The van der Waals surface area contributed by atoms with Crippen LogP contribution >= 0.6 is 11.3 Å². The number of hydrogen-bond acceptors (Lipinski definition) is 8. The molecule has 1 fully saturated rings. The molecule has 4 heterocycles. The Kier molecular flexibility index (Phi) is 6.77. The molecule has 0 bridgehead atoms. The van der Waals surface area contributed by atoms with Gasteiger partial charge < -0.3 is 14.7 Å². The number of nitrogens with one attached hydrogen (secondary N) is 1. The molecule has 1 saturated heterocycles. The summed E-state index contributed by atoms with van der Waals surface area (Å²) in [4.78, 5) is 29.7. The number of nitrogens with zero attached hydrogens (tertiary/aromatic N) is 5. The Labute approximate surface area is 208 Å². The summed E-state index contributed by atoms with van der Waals surface area (Å²) in [6, 6.07) is 11.6. The number of piperidine rings is 1. The fourth-order valence-electron chi connectivity index (χ4n) is 4.20. The van der Waals surface area contributed by atoms with E-state index in [0.717, 1.165) is 70.8 Å². The van der Waals surface area contributed by atoms with Gasteiger partial charge in [0.2, 0.25) is 5.89 Å². The Bertz CT molecular complexity index is 1310. The molecule has 9 heteroatoms. The first-order valence-corrected chi connectivity index (χ1v) is 13.1. The third-order valence-electron chi connectivity index (χ3n) is 6.31. The van der Waals surface area contributed by atoms with Gasteiger partial charge >= 0.3 is 0 Å². The molecule has 35 heavy (non-hydrogen) atoms. The van der Waals surface area contributed by atoms with Crippen molar-refractivity contribution >= 4 is 32.7 Å². The van der Waals surface area contributed by atoms with E-state index in [0.29, 0.717) is 18.0 Å². The van der Waals surface area contributed by atoms with E-state index in [1.54, 1.807) is 11.3 Å². The number of amides is 1. The molecule has 1 aliphatic rings. The highest BCUT2D eigenvalue weighted by Gasteiger charge is 2.27. The van der Waals surface area contributed by atoms with Gasteiger partial charge in [0.1, 0.15) is 10.3 Å². The third kappa shape index (κ3) is 5.05. The molecule has 0 spiro atoms. The molecule has 5 rings (SSSR count). The standard InChI is InChI=1S/C26H30N6O2S/c1-4-13-27-23(33)18-7-5-17(6-8-18)20-9-10-21-25(28-20)35-26(29-21)32-14-11-19(12-15-32)24-30-22(16(2)3)31-34-24/h5-10,16,19H,4,11-15H2,1-3H3,(H,27,33). The average Bonchev–Trinajstić information content (AvgIpc) is 3.55. The predicted octanol–water partition coefficient (Wildman–Crippen LogP) is 5.39. The van der Waals surface area contributed by atoms with Crippen LogP contribution in [0.25, 0.3) is 21.6 Å². The Morgan fingerprint density at radius 3 is 2.57 bits per heavy atom. The van der Waals surface area contributed by atoms with Crippen molar-refractivity contribution in [3.05, 3.63) is 53.7 Å². The molecule has 0 radical (unpaired) electrons. The van der Waals surface area contributed by atoms with Gasteiger partial charge in [-0.15, -0.1) is 0 Å². The van der Waals surface area contributed by atoms with E-state index in [4.69, 9.17) is 14.5 Å². The molecule has 0 aliphatic carbocycles. The fourth-order valence-corrected chi connectivity index (χ4v) is 5.19. The first kappa shape index (κ1) is 23.4. The molecule has 182 valence electrons. The van der Waals surface area contributed by atoms with Crippen LogP contribution in [0.1, 0.15) is 73.9 Å². The van der Waals surface area contributed by atoms with Crippen molar-refractivity contribution in [3.8, 4) is 11.3 Å². The first-order valence-electron chi connectivity index (χ1n) is 12.3. The molecule has 8 nitrogen and oxygen atoms in total. The molecular formula is C26H30N6O2S. The number of fused-ring (bicyclic) bond motifs is 1. The minimum Gasteiger partial charge on any atom is -0.352 e. The van der Waals surface area contributed by atoms with Crippen molar-refractivity contribution < 1.29 is 9.32 Å². The van der Waals surface area contributed by atoms with Gasteiger partial charge in [0.15, 0.2) is 11.0 Å². The van der Waals surface area contributed by atoms with Crippen LogP contribution in [0.3, 0.4) is 0 Å². The molecule has 1 amide bonds. The highest BCUT2D eigenvalue weighted by Crippen LogP contribution is 2.34. The summed E-state index contributed by atoms with van der Waals surface area (Å²) in [7, 11) is 0. The van der Waals surface area contributed by atoms with Crippen molar-refractivity contribution in [3.63, 3.8) is 0 Å². The molecule has 4 aromatic rings. The molecule has 3 aromatic heterocycles. The van der Waals surface area contributed by atoms with Gasteiger partial charge in [-0.2, -0.15) is 4.98 Å². The molecule has 0 atom stereocenters. The number of benzene rings is 1. The van der Waals surface area contributed by atoms with Gasteiger partial charge in [0, 0.05) is 42.6 Å². The lowest BCUT2D eigenvalue weighted by Gasteiger charge is -2.29. The van der Waals surface area contributed by atoms with Gasteiger partial charge in [-0.1, -0.05) is 49.4 Å². The van der Waals surface area contributed by atoms with Crippen LogP contribution in [0, 0.1) is 0 Å². The lowest BCUT2D eigenvalue weighted by Crippen LogP contribution is -2.32. The molecular weight excluding hydrogens is 460 g/mol. The average molecular weight is 491 g/mol. The zero-order valence-electron chi connectivity index (χ0n) is 20.3. The van der Waals surface area contributed by atoms with Crippen LogP contribution in [-0.4, -0.2) is 45.7 Å². The quantitative estimate of drug-likeness (QED) is 0.371. The van der Waals surface area contributed by atoms with Crippen LogP contribution in [-0.2, 0) is 0 Å². The van der Waals surface area contributed by atoms with Crippen molar-refractivity contribution in [1.82, 2.24) is 25.4 Å². The number of rotatable bonds is 7. The van der Waals surface area contributed by atoms with Crippen molar-refractivity contribution in [2.75, 3.05) is 24.5 Å². The lowest BCUT2D eigenvalue weighted by atomic mass is 9.97. The summed E-state index contributed by atoms with van der Waals surface area (Å²) in [5.41, 5.74) is 3.43. The minimum atomic E-state index is -0.0443. The smallest absolute Gasteiger partial charge is 0.251 e. The van der Waals surface area contributed by atoms with Crippen molar-refractivity contribution in [2.24, 2.45) is 0 Å².